The first-order valence-electron chi connectivity index (χ1n) is 8.98. The van der Waals surface area contributed by atoms with Gasteiger partial charge in [0.15, 0.2) is 0 Å². The molecule has 1 aromatic rings. The maximum Gasteiger partial charge on any atom is 0.237 e. The molecule has 2 unspecified atom stereocenters. The van der Waals surface area contributed by atoms with Gasteiger partial charge < -0.3 is 9.80 Å². The van der Waals surface area contributed by atoms with Crippen molar-refractivity contribution in [3.8, 4) is 0 Å². The molecule has 126 valence electrons. The van der Waals surface area contributed by atoms with Gasteiger partial charge in [0.2, 0.25) is 5.91 Å². The van der Waals surface area contributed by atoms with Crippen LogP contribution in [-0.2, 0) is 4.79 Å². The number of carbonyl (C=O) groups excluding carboxylic acids is 1. The van der Waals surface area contributed by atoms with Crippen molar-refractivity contribution in [3.05, 3.63) is 30.3 Å². The Bertz CT molecular complexity index is 501. The number of piperazine rings is 1. The molecule has 0 saturated carbocycles. The van der Waals surface area contributed by atoms with Crippen molar-refractivity contribution >= 4 is 11.6 Å². The molecule has 2 fully saturated rings. The van der Waals surface area contributed by atoms with Crippen LogP contribution in [0, 0.1) is 0 Å². The van der Waals surface area contributed by atoms with E-state index in [0.29, 0.717) is 24.5 Å². The Labute approximate surface area is 140 Å². The molecule has 2 aliphatic heterocycles. The van der Waals surface area contributed by atoms with Gasteiger partial charge in [0.05, 0.1) is 6.54 Å². The number of para-hydroxylation sites is 1. The number of nitrogens with zero attached hydrogens (tertiary/aromatic N) is 3. The lowest BCUT2D eigenvalue weighted by atomic mass is 9.97. The van der Waals surface area contributed by atoms with E-state index in [0.717, 1.165) is 39.0 Å². The Morgan fingerprint density at radius 2 is 1.61 bits per heavy atom. The highest BCUT2D eigenvalue weighted by atomic mass is 16.2. The number of likely N-dealkylation sites (tertiary alicyclic amines) is 1. The van der Waals surface area contributed by atoms with Gasteiger partial charge in [-0.2, -0.15) is 0 Å². The van der Waals surface area contributed by atoms with Gasteiger partial charge in [-0.3, -0.25) is 9.69 Å². The maximum atomic E-state index is 12.7. The largest absolute Gasteiger partial charge is 0.369 e. The minimum atomic E-state index is 0.317. The molecule has 2 atom stereocenters. The highest BCUT2D eigenvalue weighted by Crippen LogP contribution is 2.23. The number of amides is 1. The van der Waals surface area contributed by atoms with E-state index in [1.807, 2.05) is 0 Å². The highest BCUT2D eigenvalue weighted by Gasteiger charge is 2.30. The second kappa shape index (κ2) is 7.35. The number of benzene rings is 1. The van der Waals surface area contributed by atoms with Gasteiger partial charge in [0.25, 0.3) is 0 Å². The molecule has 2 saturated heterocycles. The van der Waals surface area contributed by atoms with Crippen molar-refractivity contribution in [1.82, 2.24) is 9.80 Å². The molecule has 0 aliphatic carbocycles. The molecule has 2 heterocycles. The number of hydrogen-bond acceptors (Lipinski definition) is 3. The Morgan fingerprint density at radius 3 is 2.22 bits per heavy atom. The summed E-state index contributed by atoms with van der Waals surface area (Å²) < 4.78 is 0. The molecule has 4 nitrogen and oxygen atoms in total. The molecule has 0 N–H and O–H groups in total. The van der Waals surface area contributed by atoms with Crippen LogP contribution in [0.5, 0.6) is 0 Å². The number of piperidine rings is 1. The van der Waals surface area contributed by atoms with E-state index in [4.69, 9.17) is 0 Å². The summed E-state index contributed by atoms with van der Waals surface area (Å²) in [5.74, 6) is 0.317. The fourth-order valence-electron chi connectivity index (χ4n) is 3.99. The third-order valence-electron chi connectivity index (χ3n) is 5.33. The van der Waals surface area contributed by atoms with Crippen LogP contribution in [0.25, 0.3) is 0 Å². The van der Waals surface area contributed by atoms with Gasteiger partial charge in [-0.05, 0) is 45.2 Å². The second-order valence-electron chi connectivity index (χ2n) is 7.03. The van der Waals surface area contributed by atoms with Crippen molar-refractivity contribution in [2.45, 2.75) is 45.2 Å². The Kier molecular flexibility index (Phi) is 5.21. The third kappa shape index (κ3) is 3.86. The van der Waals surface area contributed by atoms with E-state index in [1.54, 1.807) is 0 Å². The molecular formula is C19H29N3O. The minimum absolute atomic E-state index is 0.317. The zero-order valence-corrected chi connectivity index (χ0v) is 14.4. The number of anilines is 1. The van der Waals surface area contributed by atoms with E-state index >= 15 is 0 Å². The second-order valence-corrected chi connectivity index (χ2v) is 7.03. The quantitative estimate of drug-likeness (QED) is 0.858. The summed E-state index contributed by atoms with van der Waals surface area (Å²) in [4.78, 5) is 19.6. The first-order chi connectivity index (χ1) is 11.1. The summed E-state index contributed by atoms with van der Waals surface area (Å²) in [5, 5.41) is 0. The van der Waals surface area contributed by atoms with Crippen molar-refractivity contribution in [2.24, 2.45) is 0 Å². The summed E-state index contributed by atoms with van der Waals surface area (Å²) >= 11 is 0. The molecule has 0 spiro atoms. The van der Waals surface area contributed by atoms with Crippen LogP contribution in [0.4, 0.5) is 5.69 Å². The number of carbonyl (C=O) groups is 1. The van der Waals surface area contributed by atoms with Crippen LogP contribution in [-0.4, -0.2) is 60.5 Å². The summed E-state index contributed by atoms with van der Waals surface area (Å²) in [6.07, 6.45) is 3.55. The molecule has 2 aliphatic rings. The highest BCUT2D eigenvalue weighted by molar-refractivity contribution is 5.79. The van der Waals surface area contributed by atoms with Crippen molar-refractivity contribution < 1.29 is 4.79 Å². The van der Waals surface area contributed by atoms with E-state index in [-0.39, 0.29) is 0 Å². The topological polar surface area (TPSA) is 26.8 Å². The SMILES string of the molecule is CC1CCCC(C)N1C(=O)CN1CCN(c2ccccc2)CC1. The lowest BCUT2D eigenvalue weighted by Crippen LogP contribution is -2.54. The molecule has 3 rings (SSSR count). The molecule has 0 aromatic heterocycles. The standard InChI is InChI=1S/C19H29N3O/c1-16-7-6-8-17(2)22(16)19(23)15-20-11-13-21(14-12-20)18-9-4-3-5-10-18/h3-5,9-10,16-17H,6-8,11-15H2,1-2H3. The fourth-order valence-corrected chi connectivity index (χ4v) is 3.99. The predicted octanol–water partition coefficient (Wildman–Crippen LogP) is 2.60. The van der Waals surface area contributed by atoms with Gasteiger partial charge >= 0.3 is 0 Å². The zero-order valence-electron chi connectivity index (χ0n) is 14.4. The van der Waals surface area contributed by atoms with Crippen LogP contribution >= 0.6 is 0 Å². The van der Waals surface area contributed by atoms with Crippen LogP contribution in [0.3, 0.4) is 0 Å². The molecule has 0 bridgehead atoms. The van der Waals surface area contributed by atoms with Crippen molar-refractivity contribution in [3.63, 3.8) is 0 Å². The lowest BCUT2D eigenvalue weighted by Gasteiger charge is -2.41. The fraction of sp³-hybridized carbons (Fsp3) is 0.632. The third-order valence-corrected chi connectivity index (χ3v) is 5.33. The van der Waals surface area contributed by atoms with E-state index in [1.165, 1.54) is 12.1 Å². The summed E-state index contributed by atoms with van der Waals surface area (Å²) in [6.45, 7) is 8.92. The number of rotatable bonds is 3. The first-order valence-corrected chi connectivity index (χ1v) is 8.98. The predicted molar refractivity (Wildman–Crippen MR) is 94.7 cm³/mol. The Balaban J connectivity index is 1.51. The van der Waals surface area contributed by atoms with Crippen LogP contribution in [0.15, 0.2) is 30.3 Å². The average Bonchev–Trinajstić information content (AvgIpc) is 2.56. The van der Waals surface area contributed by atoms with Crippen molar-refractivity contribution in [2.75, 3.05) is 37.6 Å². The van der Waals surface area contributed by atoms with E-state index < -0.39 is 0 Å². The molecular weight excluding hydrogens is 286 g/mol. The molecule has 4 heteroatoms. The minimum Gasteiger partial charge on any atom is -0.369 e. The summed E-state index contributed by atoms with van der Waals surface area (Å²) in [7, 11) is 0. The molecule has 0 radical (unpaired) electrons. The van der Waals surface area contributed by atoms with Crippen LogP contribution < -0.4 is 4.90 Å². The zero-order chi connectivity index (χ0) is 16.2. The molecule has 23 heavy (non-hydrogen) atoms. The van der Waals surface area contributed by atoms with Gasteiger partial charge in [-0.25, -0.2) is 0 Å². The van der Waals surface area contributed by atoms with Crippen LogP contribution in [0.1, 0.15) is 33.1 Å². The summed E-state index contributed by atoms with van der Waals surface area (Å²) in [6, 6.07) is 11.4. The smallest absolute Gasteiger partial charge is 0.237 e. The van der Waals surface area contributed by atoms with Gasteiger partial charge in [0.1, 0.15) is 0 Å². The lowest BCUT2D eigenvalue weighted by molar-refractivity contribution is -0.138. The van der Waals surface area contributed by atoms with E-state index in [9.17, 15) is 4.79 Å². The molecule has 1 aromatic carbocycles. The number of hydrogen-bond donors (Lipinski definition) is 0. The summed E-state index contributed by atoms with van der Waals surface area (Å²) in [5.41, 5.74) is 1.29. The monoisotopic (exact) mass is 315 g/mol. The average molecular weight is 315 g/mol. The Morgan fingerprint density at radius 1 is 1.00 bits per heavy atom. The molecule has 1 amide bonds. The van der Waals surface area contributed by atoms with Gasteiger partial charge in [-0.1, -0.05) is 18.2 Å². The Hall–Kier alpha value is -1.55. The first kappa shape index (κ1) is 16.3. The van der Waals surface area contributed by atoms with Gasteiger partial charge in [0, 0.05) is 44.0 Å². The maximum absolute atomic E-state index is 12.7. The van der Waals surface area contributed by atoms with E-state index in [2.05, 4.69) is 58.9 Å². The normalized spacial score (nSPS) is 26.3. The van der Waals surface area contributed by atoms with Crippen LogP contribution in [0.2, 0.25) is 0 Å². The van der Waals surface area contributed by atoms with Crippen molar-refractivity contribution in [1.29, 1.82) is 0 Å². The van der Waals surface area contributed by atoms with Gasteiger partial charge in [-0.15, -0.1) is 0 Å².